The molecule has 0 heterocycles. The maximum atomic E-state index is 2.99. The summed E-state index contributed by atoms with van der Waals surface area (Å²) in [6, 6.07) is 0. The Labute approximate surface area is 432 Å². The Morgan fingerprint density at radius 3 is 0.273 bits per heavy atom. The Morgan fingerprint density at radius 1 is 0.164 bits per heavy atom. The fourth-order valence-corrected chi connectivity index (χ4v) is 3.40. The van der Waals surface area contributed by atoms with Crippen LogP contribution < -0.4 is 0 Å². The Balaban J connectivity index is -0.000000167. The summed E-state index contributed by atoms with van der Waals surface area (Å²) >= 11 is 0. The summed E-state index contributed by atoms with van der Waals surface area (Å²) in [5, 5.41) is 0. The van der Waals surface area contributed by atoms with Crippen LogP contribution in [0.3, 0.4) is 0 Å². The first-order valence-corrected chi connectivity index (χ1v) is 17.2. The van der Waals surface area contributed by atoms with Crippen molar-refractivity contribution in [3.8, 4) is 0 Å². The van der Waals surface area contributed by atoms with E-state index in [1.807, 2.05) is 122 Å². The SMILES string of the molecule is [C-]1=CC=CC1.[C-]1=CC=CC1.[C-]1=CC=CC1.[C-]1=CC=CC1.[C-]1=CC=CC1.[C-]1=CC=CC1.[C-]1=CC=CC1.[C-]1=CC=CC1.[C-]1=CC=CC1.[C-]1=CC=CC1.[Zr+2].[Zr+2].[Zr+2].[Zr+2].[Zr+2]. The van der Waals surface area contributed by atoms with Crippen LogP contribution in [0.2, 0.25) is 0 Å². The number of hydrogen-bond acceptors (Lipinski definition) is 0. The number of rotatable bonds is 0. The first kappa shape index (κ1) is 63.4. The van der Waals surface area contributed by atoms with Crippen LogP contribution >= 0.6 is 0 Å². The van der Waals surface area contributed by atoms with Crippen molar-refractivity contribution in [1.82, 2.24) is 0 Å². The van der Waals surface area contributed by atoms with Crippen LogP contribution in [0.4, 0.5) is 0 Å². The molecule has 10 aliphatic carbocycles. The predicted molar refractivity (Wildman–Crippen MR) is 216 cm³/mol. The van der Waals surface area contributed by atoms with Gasteiger partial charge >= 0.3 is 131 Å². The van der Waals surface area contributed by atoms with Crippen molar-refractivity contribution in [2.45, 2.75) is 64.2 Å². The molecule has 0 aromatic heterocycles. The average molecular weight is 1110 g/mol. The van der Waals surface area contributed by atoms with E-state index in [2.05, 4.69) is 122 Å². The summed E-state index contributed by atoms with van der Waals surface area (Å²) < 4.78 is 0. The normalized spacial score (nSPS) is 16.0. The van der Waals surface area contributed by atoms with Crippen LogP contribution in [0.15, 0.2) is 182 Å². The molecule has 0 aromatic carbocycles. The second kappa shape index (κ2) is 59.9. The zero-order valence-corrected chi connectivity index (χ0v) is 44.2. The van der Waals surface area contributed by atoms with Crippen molar-refractivity contribution < 1.29 is 131 Å². The van der Waals surface area contributed by atoms with Gasteiger partial charge in [-0.2, -0.15) is 60.8 Å². The molecule has 0 spiro atoms. The average Bonchev–Trinajstić information content (AvgIpc) is 4.08. The summed E-state index contributed by atoms with van der Waals surface area (Å²) in [5.74, 6) is 0. The fourth-order valence-electron chi connectivity index (χ4n) is 3.40. The molecule has 0 atom stereocenters. The van der Waals surface area contributed by atoms with Crippen LogP contribution in [0.5, 0.6) is 0 Å². The minimum absolute atomic E-state index is 0. The van der Waals surface area contributed by atoms with Gasteiger partial charge in [0, 0.05) is 0 Å². The predicted octanol–water partition coefficient (Wildman–Crippen LogP) is 13.0. The largest absolute Gasteiger partial charge is 2.00 e. The van der Waals surface area contributed by atoms with Crippen LogP contribution in [0, 0.1) is 60.8 Å². The summed E-state index contributed by atoms with van der Waals surface area (Å²) in [4.78, 5) is 0. The van der Waals surface area contributed by atoms with Gasteiger partial charge in [-0.3, -0.25) is 60.8 Å². The first-order valence-electron chi connectivity index (χ1n) is 17.2. The van der Waals surface area contributed by atoms with Gasteiger partial charge in [-0.1, -0.05) is 0 Å². The Kier molecular flexibility index (Phi) is 69.0. The standard InChI is InChI=1S/10C5H5.5Zr/c10*1-2-4-5-3-1;;;;;/h10*1-3H,4H2;;;;;/q10*-1;5*+2. The molecule has 270 valence electrons. The Hall–Kier alpha value is -0.784. The smallest absolute Gasteiger partial charge is 0.273 e. The van der Waals surface area contributed by atoms with Crippen LogP contribution in [0.1, 0.15) is 64.2 Å². The van der Waals surface area contributed by atoms with Gasteiger partial charge in [-0.15, -0.1) is 64.2 Å². The molecule has 0 aromatic rings. The number of hydrogen-bond donors (Lipinski definition) is 0. The molecular weight excluding hydrogens is 1060 g/mol. The van der Waals surface area contributed by atoms with Crippen molar-refractivity contribution in [2.75, 3.05) is 0 Å². The minimum Gasteiger partial charge on any atom is -0.273 e. The van der Waals surface area contributed by atoms with Gasteiger partial charge in [-0.05, 0) is 0 Å². The number of allylic oxidation sites excluding steroid dienone is 40. The van der Waals surface area contributed by atoms with E-state index in [-0.39, 0.29) is 131 Å². The zero-order valence-electron chi connectivity index (χ0n) is 31.9. The van der Waals surface area contributed by atoms with E-state index in [0.29, 0.717) is 0 Å². The van der Waals surface area contributed by atoms with E-state index in [1.54, 1.807) is 0 Å². The monoisotopic (exact) mass is 1100 g/mol. The van der Waals surface area contributed by atoms with Gasteiger partial charge in [0.25, 0.3) is 0 Å². The van der Waals surface area contributed by atoms with Crippen molar-refractivity contribution in [3.63, 3.8) is 0 Å². The quantitative estimate of drug-likeness (QED) is 0.212. The molecule has 0 fully saturated rings. The molecule has 0 N–H and O–H groups in total. The summed E-state index contributed by atoms with van der Waals surface area (Å²) in [6.07, 6.45) is 100. The second-order valence-electron chi connectivity index (χ2n) is 10.0. The van der Waals surface area contributed by atoms with Crippen LogP contribution in [-0.4, -0.2) is 0 Å². The van der Waals surface area contributed by atoms with E-state index in [4.69, 9.17) is 0 Å². The molecule has 0 bridgehead atoms. The molecule has 0 saturated carbocycles. The van der Waals surface area contributed by atoms with Crippen molar-refractivity contribution >= 4 is 0 Å². The van der Waals surface area contributed by atoms with E-state index in [9.17, 15) is 0 Å². The maximum Gasteiger partial charge on any atom is 2.00 e. The van der Waals surface area contributed by atoms with Crippen LogP contribution in [-0.2, 0) is 131 Å². The van der Waals surface area contributed by atoms with Gasteiger partial charge in [0.15, 0.2) is 0 Å². The minimum atomic E-state index is 0. The summed E-state index contributed by atoms with van der Waals surface area (Å²) in [5.41, 5.74) is 0. The molecule has 5 heteroatoms. The van der Waals surface area contributed by atoms with Gasteiger partial charge < -0.3 is 0 Å². The summed E-state index contributed by atoms with van der Waals surface area (Å²) in [6.45, 7) is 0. The molecule has 55 heavy (non-hydrogen) atoms. The van der Waals surface area contributed by atoms with Crippen molar-refractivity contribution in [3.05, 3.63) is 243 Å². The van der Waals surface area contributed by atoms with Gasteiger partial charge in [0.05, 0.1) is 0 Å². The Bertz CT molecular complexity index is 971. The van der Waals surface area contributed by atoms with Gasteiger partial charge in [0.2, 0.25) is 0 Å². The molecule has 0 unspecified atom stereocenters. The van der Waals surface area contributed by atoms with Gasteiger partial charge in [-0.25, -0.2) is 122 Å². The zero-order chi connectivity index (χ0) is 35.4. The molecular formula is C50H50Zr5. The van der Waals surface area contributed by atoms with Crippen molar-refractivity contribution in [1.29, 1.82) is 0 Å². The van der Waals surface area contributed by atoms with E-state index in [0.717, 1.165) is 64.2 Å². The Morgan fingerprint density at radius 2 is 0.255 bits per heavy atom. The summed E-state index contributed by atoms with van der Waals surface area (Å²) in [7, 11) is 0. The van der Waals surface area contributed by atoms with E-state index >= 15 is 0 Å². The second-order valence-corrected chi connectivity index (χ2v) is 10.0. The van der Waals surface area contributed by atoms with Crippen LogP contribution in [0.25, 0.3) is 0 Å². The third-order valence-corrected chi connectivity index (χ3v) is 5.86. The topological polar surface area (TPSA) is 0 Å². The van der Waals surface area contributed by atoms with Gasteiger partial charge in [0.1, 0.15) is 0 Å². The van der Waals surface area contributed by atoms with E-state index in [1.165, 1.54) is 0 Å². The molecule has 0 radical (unpaired) electrons. The van der Waals surface area contributed by atoms with Crippen molar-refractivity contribution in [2.24, 2.45) is 0 Å². The maximum absolute atomic E-state index is 2.99. The molecule has 0 nitrogen and oxygen atoms in total. The van der Waals surface area contributed by atoms with E-state index < -0.39 is 0 Å². The molecule has 10 rings (SSSR count). The molecule has 0 aliphatic heterocycles. The first-order chi connectivity index (χ1) is 25.0. The fraction of sp³-hybridized carbons (Fsp3) is 0.200. The third kappa shape index (κ3) is 57.6. The molecule has 10 aliphatic rings. The third-order valence-electron chi connectivity index (χ3n) is 5.86. The molecule has 0 saturated heterocycles. The molecule has 0 amide bonds.